The summed E-state index contributed by atoms with van der Waals surface area (Å²) in [6.07, 6.45) is 7.20. The van der Waals surface area contributed by atoms with Crippen LogP contribution in [0.15, 0.2) is 106 Å². The summed E-state index contributed by atoms with van der Waals surface area (Å²) in [7, 11) is -4.01. The van der Waals surface area contributed by atoms with Crippen molar-refractivity contribution in [3.63, 3.8) is 0 Å². The zero-order valence-corrected chi connectivity index (χ0v) is 30.4. The predicted molar refractivity (Wildman–Crippen MR) is 194 cm³/mol. The minimum absolute atomic E-state index is 0.0906. The first kappa shape index (κ1) is 35.6. The molecule has 1 aliphatic carbocycles. The van der Waals surface area contributed by atoms with Crippen LogP contribution >= 0.6 is 22.9 Å². The molecule has 0 spiro atoms. The normalized spacial score (nSPS) is 23.4. The summed E-state index contributed by atoms with van der Waals surface area (Å²) < 4.78 is 72.7. The van der Waals surface area contributed by atoms with Gasteiger partial charge in [0.2, 0.25) is 10.0 Å². The van der Waals surface area contributed by atoms with Gasteiger partial charge in [-0.25, -0.2) is 27.2 Å². The fraction of sp³-hybridized carbons (Fsp3) is 0.297. The molecule has 274 valence electrons. The number of rotatable bonds is 9. The highest BCUT2D eigenvalue weighted by atomic mass is 35.5. The van der Waals surface area contributed by atoms with Crippen LogP contribution in [0.1, 0.15) is 78.1 Å². The Hall–Kier alpha value is -4.41. The van der Waals surface area contributed by atoms with Crippen LogP contribution in [0.25, 0.3) is 5.57 Å². The van der Waals surface area contributed by atoms with Crippen molar-refractivity contribution in [2.24, 2.45) is 4.99 Å². The number of hydrogen-bond acceptors (Lipinski definition) is 9. The summed E-state index contributed by atoms with van der Waals surface area (Å²) in [5.41, 5.74) is 2.38. The largest absolute Gasteiger partial charge is 0.384 e. The standard InChI is InChI=1S/C37H33ClF3N7O3S2/c38-28-19-24(39)6-9-27(28)33-32(29-12-17-48(45-29)36(40)41)30-20-25(21-47(30)34(44-33)35-43-16-18-52-35)46-53(50,51)26-7-4-22(5-8-26)23-10-13-37(49,14-11-23)31-3-1-2-15-42-31/h1-9,12,15-19,23,25,33,36,46,49H,10-11,13-14,20-21H2/t23?,25-,33-,37?/m0/s1. The Labute approximate surface area is 312 Å². The third kappa shape index (κ3) is 6.92. The summed E-state index contributed by atoms with van der Waals surface area (Å²) in [4.78, 5) is 15.8. The van der Waals surface area contributed by atoms with Crippen LogP contribution < -0.4 is 4.72 Å². The Kier molecular flexibility index (Phi) is 9.47. The molecule has 1 saturated heterocycles. The van der Waals surface area contributed by atoms with E-state index in [2.05, 4.69) is 19.8 Å². The molecular formula is C37H33ClF3N7O3S2. The van der Waals surface area contributed by atoms with Gasteiger partial charge in [0.1, 0.15) is 17.5 Å². The number of sulfonamides is 1. The smallest absolute Gasteiger partial charge is 0.333 e. The lowest BCUT2D eigenvalue weighted by molar-refractivity contribution is -0.00957. The minimum Gasteiger partial charge on any atom is -0.384 e. The van der Waals surface area contributed by atoms with Crippen LogP contribution in [0.4, 0.5) is 13.2 Å². The van der Waals surface area contributed by atoms with Gasteiger partial charge >= 0.3 is 6.55 Å². The molecule has 3 aliphatic rings. The molecule has 8 rings (SSSR count). The Bertz CT molecular complexity index is 2290. The number of nitrogens with one attached hydrogen (secondary N) is 1. The summed E-state index contributed by atoms with van der Waals surface area (Å²) in [6.45, 7) is -2.71. The van der Waals surface area contributed by atoms with Gasteiger partial charge in [0.25, 0.3) is 0 Å². The molecule has 0 bridgehead atoms. The summed E-state index contributed by atoms with van der Waals surface area (Å²) in [6, 6.07) is 16.2. The first-order chi connectivity index (χ1) is 25.5. The third-order valence-electron chi connectivity index (χ3n) is 10.2. The number of aliphatic imine (C=N–C) groups is 1. The first-order valence-corrected chi connectivity index (χ1v) is 19.8. The molecule has 2 N–H and O–H groups in total. The number of nitrogens with zero attached hydrogens (tertiary/aromatic N) is 6. The van der Waals surface area contributed by atoms with Gasteiger partial charge in [-0.1, -0.05) is 35.9 Å². The second-order valence-corrected chi connectivity index (χ2v) is 16.4. The van der Waals surface area contributed by atoms with E-state index >= 15 is 0 Å². The maximum Gasteiger partial charge on any atom is 0.333 e. The maximum absolute atomic E-state index is 14.2. The topological polar surface area (TPSA) is 126 Å². The van der Waals surface area contributed by atoms with E-state index in [0.29, 0.717) is 50.9 Å². The van der Waals surface area contributed by atoms with Gasteiger partial charge in [0, 0.05) is 64.8 Å². The van der Waals surface area contributed by atoms with Crippen molar-refractivity contribution in [2.45, 2.75) is 67.2 Å². The number of alkyl halides is 2. The van der Waals surface area contributed by atoms with E-state index in [0.717, 1.165) is 30.7 Å². The number of fused-ring (bicyclic) bond motifs is 1. The van der Waals surface area contributed by atoms with Gasteiger partial charge in [-0.05, 0) is 79.6 Å². The van der Waals surface area contributed by atoms with Gasteiger partial charge in [0.05, 0.1) is 16.3 Å². The van der Waals surface area contributed by atoms with E-state index in [9.17, 15) is 26.7 Å². The molecule has 2 aliphatic heterocycles. The van der Waals surface area contributed by atoms with Crippen molar-refractivity contribution in [3.05, 3.63) is 135 Å². The average molecular weight is 780 g/mol. The van der Waals surface area contributed by atoms with Crippen LogP contribution in [-0.4, -0.2) is 56.6 Å². The van der Waals surface area contributed by atoms with Crippen LogP contribution in [0.2, 0.25) is 5.02 Å². The molecule has 16 heteroatoms. The molecule has 2 aromatic carbocycles. The van der Waals surface area contributed by atoms with E-state index in [-0.39, 0.29) is 34.5 Å². The zero-order chi connectivity index (χ0) is 36.9. The minimum atomic E-state index is -4.01. The number of thiazole rings is 1. The number of hydrogen-bond donors (Lipinski definition) is 2. The summed E-state index contributed by atoms with van der Waals surface area (Å²) >= 11 is 7.90. The van der Waals surface area contributed by atoms with Gasteiger partial charge in [-0.3, -0.25) is 9.98 Å². The van der Waals surface area contributed by atoms with E-state index in [1.807, 2.05) is 35.2 Å². The Morgan fingerprint density at radius 1 is 1.02 bits per heavy atom. The van der Waals surface area contributed by atoms with Gasteiger partial charge in [-0.2, -0.15) is 13.9 Å². The van der Waals surface area contributed by atoms with Gasteiger partial charge in [0.15, 0.2) is 10.8 Å². The average Bonchev–Trinajstić information content (AvgIpc) is 3.94. The Morgan fingerprint density at radius 2 is 1.81 bits per heavy atom. The van der Waals surface area contributed by atoms with Crippen molar-refractivity contribution in [1.82, 2.24) is 29.4 Å². The maximum atomic E-state index is 14.2. The molecule has 10 nitrogen and oxygen atoms in total. The van der Waals surface area contributed by atoms with Crippen molar-refractivity contribution in [3.8, 4) is 0 Å². The number of halogens is 4. The van der Waals surface area contributed by atoms with E-state index < -0.39 is 40.1 Å². The second kappa shape index (κ2) is 14.1. The summed E-state index contributed by atoms with van der Waals surface area (Å²) in [5, 5.41) is 17.8. The van der Waals surface area contributed by atoms with E-state index in [1.165, 1.54) is 29.5 Å². The van der Waals surface area contributed by atoms with Crippen molar-refractivity contribution in [1.29, 1.82) is 0 Å². The highest BCUT2D eigenvalue weighted by Crippen LogP contribution is 2.47. The Morgan fingerprint density at radius 3 is 2.47 bits per heavy atom. The van der Waals surface area contributed by atoms with Gasteiger partial charge < -0.3 is 10.0 Å². The lowest BCUT2D eigenvalue weighted by atomic mass is 9.74. The lowest BCUT2D eigenvalue weighted by Gasteiger charge is -2.35. The molecule has 2 fully saturated rings. The monoisotopic (exact) mass is 779 g/mol. The van der Waals surface area contributed by atoms with E-state index in [4.69, 9.17) is 16.6 Å². The Balaban J connectivity index is 1.07. The number of aliphatic hydroxyl groups is 1. The van der Waals surface area contributed by atoms with Crippen LogP contribution in [0, 0.1) is 5.82 Å². The number of aromatic nitrogens is 4. The number of benzene rings is 2. The number of pyridine rings is 1. The highest BCUT2D eigenvalue weighted by molar-refractivity contribution is 7.89. The van der Waals surface area contributed by atoms with Crippen molar-refractivity contribution in [2.75, 3.05) is 6.54 Å². The molecule has 1 saturated carbocycles. The molecule has 0 unspecified atom stereocenters. The van der Waals surface area contributed by atoms with Gasteiger partial charge in [-0.15, -0.1) is 11.3 Å². The van der Waals surface area contributed by atoms with Crippen LogP contribution in [0.3, 0.4) is 0 Å². The fourth-order valence-electron chi connectivity index (χ4n) is 7.56. The van der Waals surface area contributed by atoms with E-state index in [1.54, 1.807) is 29.9 Å². The molecule has 5 aromatic rings. The second-order valence-electron chi connectivity index (χ2n) is 13.4. The van der Waals surface area contributed by atoms with Crippen LogP contribution in [-0.2, 0) is 15.6 Å². The molecule has 0 amide bonds. The zero-order valence-electron chi connectivity index (χ0n) is 28.0. The third-order valence-corrected chi connectivity index (χ3v) is 12.8. The number of amidine groups is 1. The molecular weight excluding hydrogens is 747 g/mol. The quantitative estimate of drug-likeness (QED) is 0.159. The van der Waals surface area contributed by atoms with Crippen molar-refractivity contribution < 1.29 is 26.7 Å². The lowest BCUT2D eigenvalue weighted by Crippen LogP contribution is -2.39. The summed E-state index contributed by atoms with van der Waals surface area (Å²) in [5.74, 6) is 0.0665. The van der Waals surface area contributed by atoms with Crippen molar-refractivity contribution >= 4 is 44.4 Å². The molecule has 53 heavy (non-hydrogen) atoms. The first-order valence-electron chi connectivity index (χ1n) is 17.0. The highest BCUT2D eigenvalue weighted by Gasteiger charge is 2.42. The SMILES string of the molecule is O=S(=O)(N[C@H]1CC2=C(c3ccn(C(F)F)n3)[C@H](c3ccc(F)cc3Cl)N=C(c3nccs3)N2C1)c1ccc(C2CCC(O)(c3ccccn3)CC2)cc1. The van der Waals surface area contributed by atoms with Crippen LogP contribution in [0.5, 0.6) is 0 Å². The molecule has 2 atom stereocenters. The fourth-order valence-corrected chi connectivity index (χ4v) is 9.70. The molecule has 0 radical (unpaired) electrons. The molecule has 5 heterocycles. The molecule has 3 aromatic heterocycles. The predicted octanol–water partition coefficient (Wildman–Crippen LogP) is 7.43.